The fourth-order valence-corrected chi connectivity index (χ4v) is 2.15. The number of piperazine rings is 1. The molecular formula is C12H25N3O. The molecule has 0 aliphatic carbocycles. The third kappa shape index (κ3) is 3.19. The largest absolute Gasteiger partial charge is 0.358 e. The van der Waals surface area contributed by atoms with Crippen LogP contribution in [0.1, 0.15) is 27.7 Å². The van der Waals surface area contributed by atoms with Crippen molar-refractivity contribution in [1.82, 2.24) is 15.1 Å². The van der Waals surface area contributed by atoms with Crippen molar-refractivity contribution in [3.05, 3.63) is 0 Å². The molecule has 0 radical (unpaired) electrons. The molecule has 0 aromatic carbocycles. The van der Waals surface area contributed by atoms with E-state index in [0.717, 1.165) is 26.2 Å². The van der Waals surface area contributed by atoms with Crippen LogP contribution in [-0.4, -0.2) is 60.5 Å². The highest BCUT2D eigenvalue weighted by molar-refractivity contribution is 5.80. The molecule has 0 aromatic heterocycles. The molecule has 94 valence electrons. The Bertz CT molecular complexity index is 239. The van der Waals surface area contributed by atoms with E-state index in [9.17, 15) is 4.79 Å². The Balaban J connectivity index is 2.46. The second kappa shape index (κ2) is 5.15. The van der Waals surface area contributed by atoms with Gasteiger partial charge in [-0.2, -0.15) is 0 Å². The Hall–Kier alpha value is -0.610. The van der Waals surface area contributed by atoms with Gasteiger partial charge in [0, 0.05) is 38.8 Å². The molecule has 0 aromatic rings. The van der Waals surface area contributed by atoms with Crippen LogP contribution < -0.4 is 5.32 Å². The van der Waals surface area contributed by atoms with Crippen LogP contribution >= 0.6 is 0 Å². The molecule has 1 heterocycles. The van der Waals surface area contributed by atoms with Crippen LogP contribution in [0.15, 0.2) is 0 Å². The Morgan fingerprint density at radius 2 is 1.69 bits per heavy atom. The second-order valence-electron chi connectivity index (χ2n) is 5.48. The number of carbonyl (C=O) groups is 1. The number of amides is 1. The molecule has 0 spiro atoms. The summed E-state index contributed by atoms with van der Waals surface area (Å²) in [5.74, 6) is 0.115. The van der Waals surface area contributed by atoms with Gasteiger partial charge in [-0.05, 0) is 27.7 Å². The molecule has 1 amide bonds. The molecule has 1 fully saturated rings. The lowest BCUT2D eigenvalue weighted by Gasteiger charge is -2.43. The average Bonchev–Trinajstić information content (AvgIpc) is 2.26. The molecule has 4 nitrogen and oxygen atoms in total. The van der Waals surface area contributed by atoms with E-state index in [4.69, 9.17) is 0 Å². The van der Waals surface area contributed by atoms with Crippen molar-refractivity contribution in [3.63, 3.8) is 0 Å². The van der Waals surface area contributed by atoms with Gasteiger partial charge in [0.25, 0.3) is 0 Å². The summed E-state index contributed by atoms with van der Waals surface area (Å²) < 4.78 is 0. The van der Waals surface area contributed by atoms with Gasteiger partial charge in [0.1, 0.15) is 0 Å². The summed E-state index contributed by atoms with van der Waals surface area (Å²) in [5, 5.41) is 2.71. The summed E-state index contributed by atoms with van der Waals surface area (Å²) in [5.41, 5.74) is 0.238. The van der Waals surface area contributed by atoms with Crippen LogP contribution in [-0.2, 0) is 4.79 Å². The van der Waals surface area contributed by atoms with E-state index in [-0.39, 0.29) is 17.5 Å². The van der Waals surface area contributed by atoms with E-state index in [2.05, 4.69) is 35.9 Å². The van der Waals surface area contributed by atoms with Crippen LogP contribution in [0.5, 0.6) is 0 Å². The third-order valence-electron chi connectivity index (χ3n) is 3.44. The van der Waals surface area contributed by atoms with Gasteiger partial charge in [0.05, 0.1) is 6.04 Å². The summed E-state index contributed by atoms with van der Waals surface area (Å²) >= 11 is 0. The SMILES string of the molecule is CNC(=O)[C@H](C)N1CCN(C(C)(C)C)CC1. The van der Waals surface area contributed by atoms with Crippen molar-refractivity contribution in [2.45, 2.75) is 39.3 Å². The van der Waals surface area contributed by atoms with Gasteiger partial charge in [0.2, 0.25) is 5.91 Å². The molecule has 0 saturated carbocycles. The number of nitrogens with one attached hydrogen (secondary N) is 1. The Morgan fingerprint density at radius 1 is 1.19 bits per heavy atom. The molecular weight excluding hydrogens is 202 g/mol. The predicted molar refractivity (Wildman–Crippen MR) is 66.4 cm³/mol. The first-order valence-corrected chi connectivity index (χ1v) is 6.07. The maximum absolute atomic E-state index is 11.5. The van der Waals surface area contributed by atoms with Crippen LogP contribution in [0.4, 0.5) is 0 Å². The van der Waals surface area contributed by atoms with Crippen LogP contribution in [0.25, 0.3) is 0 Å². The molecule has 0 bridgehead atoms. The standard InChI is InChI=1S/C12H25N3O/c1-10(11(16)13-5)14-6-8-15(9-7-14)12(2,3)4/h10H,6-9H2,1-5H3,(H,13,16)/t10-/m0/s1. The maximum Gasteiger partial charge on any atom is 0.236 e. The Morgan fingerprint density at radius 3 is 2.06 bits per heavy atom. The molecule has 1 aliphatic rings. The zero-order valence-corrected chi connectivity index (χ0v) is 11.2. The van der Waals surface area contributed by atoms with Crippen molar-refractivity contribution >= 4 is 5.91 Å². The van der Waals surface area contributed by atoms with Crippen molar-refractivity contribution in [2.75, 3.05) is 33.2 Å². The minimum absolute atomic E-state index is 0.00730. The van der Waals surface area contributed by atoms with Gasteiger partial charge in [-0.1, -0.05) is 0 Å². The van der Waals surface area contributed by atoms with Gasteiger partial charge in [-0.25, -0.2) is 0 Å². The molecule has 1 atom stereocenters. The molecule has 4 heteroatoms. The summed E-state index contributed by atoms with van der Waals surface area (Å²) in [7, 11) is 1.70. The van der Waals surface area contributed by atoms with E-state index in [1.54, 1.807) is 7.05 Å². The third-order valence-corrected chi connectivity index (χ3v) is 3.44. The Labute approximate surface area is 99.0 Å². The van der Waals surface area contributed by atoms with E-state index >= 15 is 0 Å². The summed E-state index contributed by atoms with van der Waals surface area (Å²) in [4.78, 5) is 16.2. The highest BCUT2D eigenvalue weighted by atomic mass is 16.2. The first-order valence-electron chi connectivity index (χ1n) is 6.07. The summed E-state index contributed by atoms with van der Waals surface area (Å²) in [6.07, 6.45) is 0. The summed E-state index contributed by atoms with van der Waals surface area (Å²) in [6.45, 7) is 12.7. The first-order chi connectivity index (χ1) is 7.36. The van der Waals surface area contributed by atoms with E-state index in [0.29, 0.717) is 0 Å². The number of carbonyl (C=O) groups excluding carboxylic acids is 1. The van der Waals surface area contributed by atoms with E-state index in [1.807, 2.05) is 6.92 Å². The lowest BCUT2D eigenvalue weighted by Crippen LogP contribution is -2.57. The highest BCUT2D eigenvalue weighted by Gasteiger charge is 2.29. The van der Waals surface area contributed by atoms with Gasteiger partial charge in [-0.3, -0.25) is 14.6 Å². The van der Waals surface area contributed by atoms with Gasteiger partial charge < -0.3 is 5.32 Å². The van der Waals surface area contributed by atoms with Gasteiger partial charge >= 0.3 is 0 Å². The zero-order valence-electron chi connectivity index (χ0n) is 11.2. The van der Waals surface area contributed by atoms with Crippen molar-refractivity contribution in [1.29, 1.82) is 0 Å². The molecule has 1 aliphatic heterocycles. The van der Waals surface area contributed by atoms with Crippen LogP contribution in [0.3, 0.4) is 0 Å². The number of hydrogen-bond acceptors (Lipinski definition) is 3. The molecule has 16 heavy (non-hydrogen) atoms. The zero-order chi connectivity index (χ0) is 12.3. The number of likely N-dealkylation sites (N-methyl/N-ethyl adjacent to an activating group) is 1. The van der Waals surface area contributed by atoms with E-state index in [1.165, 1.54) is 0 Å². The Kier molecular flexibility index (Phi) is 4.33. The minimum atomic E-state index is -0.00730. The van der Waals surface area contributed by atoms with Gasteiger partial charge in [0.15, 0.2) is 0 Å². The number of nitrogens with zero attached hydrogens (tertiary/aromatic N) is 2. The van der Waals surface area contributed by atoms with Crippen molar-refractivity contribution in [2.24, 2.45) is 0 Å². The molecule has 1 rings (SSSR count). The maximum atomic E-state index is 11.5. The van der Waals surface area contributed by atoms with Crippen LogP contribution in [0, 0.1) is 0 Å². The van der Waals surface area contributed by atoms with Crippen LogP contribution in [0.2, 0.25) is 0 Å². The van der Waals surface area contributed by atoms with E-state index < -0.39 is 0 Å². The fraction of sp³-hybridized carbons (Fsp3) is 0.917. The smallest absolute Gasteiger partial charge is 0.236 e. The lowest BCUT2D eigenvalue weighted by atomic mass is 10.0. The quantitative estimate of drug-likeness (QED) is 0.748. The highest BCUT2D eigenvalue weighted by Crippen LogP contribution is 2.16. The normalized spacial score (nSPS) is 21.8. The molecule has 1 saturated heterocycles. The topological polar surface area (TPSA) is 35.6 Å². The number of rotatable bonds is 2. The average molecular weight is 227 g/mol. The summed E-state index contributed by atoms with van der Waals surface area (Å²) in [6, 6.07) is -0.00730. The number of hydrogen-bond donors (Lipinski definition) is 1. The minimum Gasteiger partial charge on any atom is -0.358 e. The second-order valence-corrected chi connectivity index (χ2v) is 5.48. The molecule has 1 N–H and O–H groups in total. The van der Waals surface area contributed by atoms with Crippen molar-refractivity contribution < 1.29 is 4.79 Å². The van der Waals surface area contributed by atoms with Crippen molar-refractivity contribution in [3.8, 4) is 0 Å². The fourth-order valence-electron chi connectivity index (χ4n) is 2.15. The monoisotopic (exact) mass is 227 g/mol. The predicted octanol–water partition coefficient (Wildman–Crippen LogP) is 0.537. The lowest BCUT2D eigenvalue weighted by molar-refractivity contribution is -0.126. The molecule has 0 unspecified atom stereocenters. The first kappa shape index (κ1) is 13.5. The van der Waals surface area contributed by atoms with Gasteiger partial charge in [-0.15, -0.1) is 0 Å².